The fourth-order valence-electron chi connectivity index (χ4n) is 1.62. The molecule has 2 nitrogen and oxygen atoms in total. The lowest BCUT2D eigenvalue weighted by Crippen LogP contribution is -1.70. The average Bonchev–Trinajstić information content (AvgIpc) is 2.65. The van der Waals surface area contributed by atoms with E-state index in [4.69, 9.17) is 0 Å². The first-order valence-corrected chi connectivity index (χ1v) is 4.99. The van der Waals surface area contributed by atoms with Crippen LogP contribution in [0.15, 0.2) is 24.4 Å². The molecule has 0 radical (unpaired) electrons. The third-order valence-corrected chi connectivity index (χ3v) is 3.19. The zero-order chi connectivity index (χ0) is 8.84. The Morgan fingerprint density at radius 1 is 1.29 bits per heavy atom. The van der Waals surface area contributed by atoms with Crippen LogP contribution in [0.3, 0.4) is 0 Å². The summed E-state index contributed by atoms with van der Waals surface area (Å²) in [5.41, 5.74) is 2.31. The number of aryl methyl sites for hydroxylation is 1. The van der Waals surface area contributed by atoms with E-state index < -0.39 is 0 Å². The van der Waals surface area contributed by atoms with Crippen molar-refractivity contribution in [1.82, 2.24) is 9.97 Å². The largest absolute Gasteiger partial charge is 0.360 e. The number of halogens is 1. The Kier molecular flexibility index (Phi) is 2.33. The zero-order valence-corrected chi connectivity index (χ0v) is 10.1. The van der Waals surface area contributed by atoms with Crippen LogP contribution in [0.2, 0.25) is 0 Å². The van der Waals surface area contributed by atoms with Crippen molar-refractivity contribution in [2.75, 3.05) is 0 Å². The maximum atomic E-state index is 4.44. The van der Waals surface area contributed by atoms with E-state index in [9.17, 15) is 0 Å². The van der Waals surface area contributed by atoms with E-state index in [0.29, 0.717) is 0 Å². The molecule has 3 rings (SSSR count). The predicted octanol–water partition coefficient (Wildman–Crippen LogP) is 3.66. The SMILES string of the molecule is Br.Cc1nc2ccc3cc[nH]c3c2s1. The smallest absolute Gasteiger partial charge is 0.0908 e. The van der Waals surface area contributed by atoms with Gasteiger partial charge in [-0.15, -0.1) is 28.3 Å². The summed E-state index contributed by atoms with van der Waals surface area (Å²) in [7, 11) is 0. The second-order valence-corrected chi connectivity index (χ2v) is 4.29. The van der Waals surface area contributed by atoms with Crippen molar-refractivity contribution in [3.8, 4) is 0 Å². The molecule has 0 aliphatic rings. The molecule has 72 valence electrons. The number of nitrogens with one attached hydrogen (secondary N) is 1. The molecule has 1 aromatic carbocycles. The van der Waals surface area contributed by atoms with Crippen LogP contribution in [-0.2, 0) is 0 Å². The summed E-state index contributed by atoms with van der Waals surface area (Å²) in [5, 5.41) is 2.38. The number of thiazole rings is 1. The van der Waals surface area contributed by atoms with Gasteiger partial charge in [0.1, 0.15) is 0 Å². The lowest BCUT2D eigenvalue weighted by molar-refractivity contribution is 1.35. The Labute approximate surface area is 95.7 Å². The van der Waals surface area contributed by atoms with Crippen LogP contribution in [0.4, 0.5) is 0 Å². The Bertz CT molecular complexity index is 582. The standard InChI is InChI=1S/C10H8N2S.BrH/c1-6-12-8-3-2-7-4-5-11-9(7)10(8)13-6;/h2-5,11H,1H3;1H. The van der Waals surface area contributed by atoms with E-state index in [2.05, 4.69) is 28.2 Å². The molecule has 0 saturated carbocycles. The minimum atomic E-state index is 0. The highest BCUT2D eigenvalue weighted by Gasteiger charge is 2.04. The number of benzene rings is 1. The van der Waals surface area contributed by atoms with Crippen LogP contribution in [0.5, 0.6) is 0 Å². The third-order valence-electron chi connectivity index (χ3n) is 2.19. The monoisotopic (exact) mass is 268 g/mol. The van der Waals surface area contributed by atoms with Gasteiger partial charge in [0.2, 0.25) is 0 Å². The van der Waals surface area contributed by atoms with E-state index in [1.165, 1.54) is 15.6 Å². The zero-order valence-electron chi connectivity index (χ0n) is 7.57. The topological polar surface area (TPSA) is 28.7 Å². The molecule has 0 amide bonds. The highest BCUT2D eigenvalue weighted by molar-refractivity contribution is 8.93. The minimum Gasteiger partial charge on any atom is -0.360 e. The predicted molar refractivity (Wildman–Crippen MR) is 66.5 cm³/mol. The number of hydrogen-bond donors (Lipinski definition) is 1. The molecule has 0 atom stereocenters. The summed E-state index contributed by atoms with van der Waals surface area (Å²) in [5.74, 6) is 0. The first-order chi connectivity index (χ1) is 6.34. The first-order valence-electron chi connectivity index (χ1n) is 4.18. The molecule has 3 aromatic rings. The van der Waals surface area contributed by atoms with E-state index >= 15 is 0 Å². The molecular formula is C10H9BrN2S. The Morgan fingerprint density at radius 2 is 2.14 bits per heavy atom. The average molecular weight is 269 g/mol. The van der Waals surface area contributed by atoms with Gasteiger partial charge in [0.25, 0.3) is 0 Å². The Morgan fingerprint density at radius 3 is 3.00 bits per heavy atom. The number of aromatic nitrogens is 2. The van der Waals surface area contributed by atoms with E-state index in [-0.39, 0.29) is 17.0 Å². The van der Waals surface area contributed by atoms with Gasteiger partial charge in [0.05, 0.1) is 20.7 Å². The van der Waals surface area contributed by atoms with Crippen molar-refractivity contribution in [1.29, 1.82) is 0 Å². The van der Waals surface area contributed by atoms with Gasteiger partial charge in [-0.1, -0.05) is 6.07 Å². The molecule has 0 aliphatic heterocycles. The van der Waals surface area contributed by atoms with Gasteiger partial charge in [-0.3, -0.25) is 0 Å². The molecule has 0 fully saturated rings. The first kappa shape index (κ1) is 9.68. The number of rotatable bonds is 0. The van der Waals surface area contributed by atoms with Gasteiger partial charge >= 0.3 is 0 Å². The van der Waals surface area contributed by atoms with Crippen LogP contribution in [0.1, 0.15) is 5.01 Å². The molecule has 0 aliphatic carbocycles. The van der Waals surface area contributed by atoms with E-state index in [0.717, 1.165) is 10.5 Å². The van der Waals surface area contributed by atoms with Gasteiger partial charge in [0.15, 0.2) is 0 Å². The van der Waals surface area contributed by atoms with Gasteiger partial charge < -0.3 is 4.98 Å². The fraction of sp³-hybridized carbons (Fsp3) is 0.100. The molecular weight excluding hydrogens is 260 g/mol. The van der Waals surface area contributed by atoms with E-state index in [1.807, 2.05) is 13.1 Å². The van der Waals surface area contributed by atoms with Gasteiger partial charge in [-0.2, -0.15) is 0 Å². The number of aromatic amines is 1. The van der Waals surface area contributed by atoms with Crippen LogP contribution >= 0.6 is 28.3 Å². The molecule has 2 heterocycles. The van der Waals surface area contributed by atoms with Crippen molar-refractivity contribution >= 4 is 49.4 Å². The van der Waals surface area contributed by atoms with E-state index in [1.54, 1.807) is 11.3 Å². The Hall–Kier alpha value is -0.870. The molecule has 14 heavy (non-hydrogen) atoms. The Balaban J connectivity index is 0.000000750. The lowest BCUT2D eigenvalue weighted by Gasteiger charge is -1.89. The van der Waals surface area contributed by atoms with Crippen molar-refractivity contribution in [3.05, 3.63) is 29.4 Å². The molecule has 2 aromatic heterocycles. The van der Waals surface area contributed by atoms with Crippen LogP contribution in [0.25, 0.3) is 21.1 Å². The number of fused-ring (bicyclic) bond motifs is 3. The summed E-state index contributed by atoms with van der Waals surface area (Å²) in [4.78, 5) is 7.69. The third kappa shape index (κ3) is 1.26. The number of H-pyrrole nitrogens is 1. The molecule has 0 saturated heterocycles. The fourth-order valence-corrected chi connectivity index (χ4v) is 2.56. The quantitative estimate of drug-likeness (QED) is 0.662. The normalized spacial score (nSPS) is 10.6. The van der Waals surface area contributed by atoms with Gasteiger partial charge in [0, 0.05) is 11.6 Å². The lowest BCUT2D eigenvalue weighted by atomic mass is 10.2. The summed E-state index contributed by atoms with van der Waals surface area (Å²) in [6, 6.07) is 6.27. The van der Waals surface area contributed by atoms with Crippen LogP contribution in [-0.4, -0.2) is 9.97 Å². The molecule has 4 heteroatoms. The molecule has 0 unspecified atom stereocenters. The van der Waals surface area contributed by atoms with Crippen molar-refractivity contribution in [2.24, 2.45) is 0 Å². The molecule has 1 N–H and O–H groups in total. The second kappa shape index (κ2) is 3.37. The summed E-state index contributed by atoms with van der Waals surface area (Å²) in [6.07, 6.45) is 1.97. The highest BCUT2D eigenvalue weighted by atomic mass is 79.9. The maximum absolute atomic E-state index is 4.44. The maximum Gasteiger partial charge on any atom is 0.0908 e. The number of nitrogens with zero attached hydrogens (tertiary/aromatic N) is 1. The molecule has 0 spiro atoms. The summed E-state index contributed by atoms with van der Waals surface area (Å²) in [6.45, 7) is 2.04. The summed E-state index contributed by atoms with van der Waals surface area (Å²) < 4.78 is 1.26. The van der Waals surface area contributed by atoms with Crippen LogP contribution < -0.4 is 0 Å². The van der Waals surface area contributed by atoms with Crippen LogP contribution in [0, 0.1) is 6.92 Å². The van der Waals surface area contributed by atoms with Crippen molar-refractivity contribution in [3.63, 3.8) is 0 Å². The molecule has 0 bridgehead atoms. The van der Waals surface area contributed by atoms with Gasteiger partial charge in [-0.05, 0) is 19.1 Å². The number of hydrogen-bond acceptors (Lipinski definition) is 2. The minimum absolute atomic E-state index is 0. The van der Waals surface area contributed by atoms with Gasteiger partial charge in [-0.25, -0.2) is 4.98 Å². The second-order valence-electron chi connectivity index (χ2n) is 3.09. The van der Waals surface area contributed by atoms with Crippen molar-refractivity contribution in [2.45, 2.75) is 6.92 Å². The highest BCUT2D eigenvalue weighted by Crippen LogP contribution is 2.28. The van der Waals surface area contributed by atoms with Crippen molar-refractivity contribution < 1.29 is 0 Å². The summed E-state index contributed by atoms with van der Waals surface area (Å²) >= 11 is 1.74.